The van der Waals surface area contributed by atoms with E-state index in [1.807, 2.05) is 0 Å². The maximum atomic E-state index is 11.7. The molecule has 1 saturated carbocycles. The van der Waals surface area contributed by atoms with Crippen LogP contribution in [0.1, 0.15) is 38.5 Å². The van der Waals surface area contributed by atoms with E-state index in [1.165, 1.54) is 19.3 Å². The zero-order valence-corrected chi connectivity index (χ0v) is 8.95. The van der Waals surface area contributed by atoms with Gasteiger partial charge in [-0.1, -0.05) is 19.3 Å². The number of fused-ring (bicyclic) bond motifs is 1. The SMILES string of the molecule is NC(=O)CN1C(=O)CC2CCCCCC21. The molecule has 2 aliphatic rings. The minimum atomic E-state index is -0.395. The number of hydrogen-bond acceptors (Lipinski definition) is 2. The minimum Gasteiger partial charge on any atom is -0.368 e. The van der Waals surface area contributed by atoms with Crippen LogP contribution in [0.25, 0.3) is 0 Å². The number of amides is 2. The first kappa shape index (κ1) is 10.5. The number of nitrogens with two attached hydrogens (primary N) is 1. The first-order valence-corrected chi connectivity index (χ1v) is 5.76. The van der Waals surface area contributed by atoms with E-state index >= 15 is 0 Å². The predicted octanol–water partition coefficient (Wildman–Crippen LogP) is 0.653. The molecule has 0 radical (unpaired) electrons. The maximum absolute atomic E-state index is 11.7. The second-order valence-corrected chi connectivity index (χ2v) is 4.66. The van der Waals surface area contributed by atoms with E-state index in [2.05, 4.69) is 0 Å². The molecule has 0 aromatic heterocycles. The van der Waals surface area contributed by atoms with Gasteiger partial charge in [-0.15, -0.1) is 0 Å². The van der Waals surface area contributed by atoms with Crippen LogP contribution in [0.4, 0.5) is 0 Å². The Morgan fingerprint density at radius 2 is 2.07 bits per heavy atom. The monoisotopic (exact) mass is 210 g/mol. The van der Waals surface area contributed by atoms with Gasteiger partial charge in [-0.3, -0.25) is 9.59 Å². The lowest BCUT2D eigenvalue weighted by Gasteiger charge is -2.25. The van der Waals surface area contributed by atoms with Crippen LogP contribution >= 0.6 is 0 Å². The van der Waals surface area contributed by atoms with Gasteiger partial charge in [0.1, 0.15) is 0 Å². The number of carbonyl (C=O) groups excluding carboxylic acids is 2. The van der Waals surface area contributed by atoms with Crippen LogP contribution in [-0.2, 0) is 9.59 Å². The summed E-state index contributed by atoms with van der Waals surface area (Å²) < 4.78 is 0. The third-order valence-corrected chi connectivity index (χ3v) is 3.60. The fraction of sp³-hybridized carbons (Fsp3) is 0.818. The molecule has 2 unspecified atom stereocenters. The molecule has 0 aromatic carbocycles. The highest BCUT2D eigenvalue weighted by Crippen LogP contribution is 2.35. The molecule has 0 spiro atoms. The molecule has 2 rings (SSSR count). The average molecular weight is 210 g/mol. The summed E-state index contributed by atoms with van der Waals surface area (Å²) in [5.74, 6) is 0.193. The second kappa shape index (κ2) is 4.21. The van der Waals surface area contributed by atoms with Gasteiger partial charge >= 0.3 is 0 Å². The highest BCUT2D eigenvalue weighted by Gasteiger charge is 2.40. The van der Waals surface area contributed by atoms with E-state index in [-0.39, 0.29) is 18.5 Å². The van der Waals surface area contributed by atoms with Gasteiger partial charge in [0.25, 0.3) is 0 Å². The van der Waals surface area contributed by atoms with Crippen molar-refractivity contribution in [3.63, 3.8) is 0 Å². The average Bonchev–Trinajstić information content (AvgIpc) is 2.39. The summed E-state index contributed by atoms with van der Waals surface area (Å²) in [6.07, 6.45) is 6.45. The maximum Gasteiger partial charge on any atom is 0.237 e. The Morgan fingerprint density at radius 1 is 1.33 bits per heavy atom. The Bertz CT molecular complexity index is 278. The number of hydrogen-bond donors (Lipinski definition) is 1. The smallest absolute Gasteiger partial charge is 0.237 e. The number of rotatable bonds is 2. The zero-order valence-electron chi connectivity index (χ0n) is 8.95. The van der Waals surface area contributed by atoms with Gasteiger partial charge in [0.05, 0.1) is 6.54 Å². The van der Waals surface area contributed by atoms with Crippen molar-refractivity contribution >= 4 is 11.8 Å². The standard InChI is InChI=1S/C11H18N2O2/c12-10(14)7-13-9-5-3-1-2-4-8(9)6-11(13)15/h8-9H,1-7H2,(H2,12,14). The van der Waals surface area contributed by atoms with Crippen molar-refractivity contribution in [3.05, 3.63) is 0 Å². The largest absolute Gasteiger partial charge is 0.368 e. The summed E-state index contributed by atoms with van der Waals surface area (Å²) in [6, 6.07) is 0.285. The van der Waals surface area contributed by atoms with Gasteiger partial charge in [0.15, 0.2) is 0 Å². The highest BCUT2D eigenvalue weighted by atomic mass is 16.2. The third-order valence-electron chi connectivity index (χ3n) is 3.60. The van der Waals surface area contributed by atoms with E-state index in [0.717, 1.165) is 12.8 Å². The lowest BCUT2D eigenvalue weighted by Crippen LogP contribution is -2.41. The lowest BCUT2D eigenvalue weighted by atomic mass is 9.95. The molecule has 2 fully saturated rings. The third kappa shape index (κ3) is 2.13. The molecule has 1 saturated heterocycles. The molecule has 84 valence electrons. The van der Waals surface area contributed by atoms with Gasteiger partial charge < -0.3 is 10.6 Å². The Hall–Kier alpha value is -1.06. The number of carbonyl (C=O) groups is 2. The summed E-state index contributed by atoms with van der Waals surface area (Å²) in [7, 11) is 0. The number of nitrogens with zero attached hydrogens (tertiary/aromatic N) is 1. The van der Waals surface area contributed by atoms with E-state index in [9.17, 15) is 9.59 Å². The molecule has 15 heavy (non-hydrogen) atoms. The molecule has 1 heterocycles. The molecule has 2 amide bonds. The van der Waals surface area contributed by atoms with Crippen LogP contribution in [-0.4, -0.2) is 29.3 Å². The number of primary amides is 1. The van der Waals surface area contributed by atoms with Crippen LogP contribution < -0.4 is 5.73 Å². The molecule has 0 aromatic rings. The van der Waals surface area contributed by atoms with Crippen LogP contribution in [0, 0.1) is 5.92 Å². The van der Waals surface area contributed by atoms with Crippen LogP contribution in [0.5, 0.6) is 0 Å². The first-order chi connectivity index (χ1) is 7.18. The van der Waals surface area contributed by atoms with Crippen molar-refractivity contribution < 1.29 is 9.59 Å². The molecule has 4 nitrogen and oxygen atoms in total. The van der Waals surface area contributed by atoms with Gasteiger partial charge in [-0.25, -0.2) is 0 Å². The Morgan fingerprint density at radius 3 is 2.80 bits per heavy atom. The van der Waals surface area contributed by atoms with Crippen molar-refractivity contribution in [2.75, 3.05) is 6.54 Å². The van der Waals surface area contributed by atoms with Gasteiger partial charge in [0, 0.05) is 12.5 Å². The summed E-state index contributed by atoms with van der Waals surface area (Å²) >= 11 is 0. The molecule has 2 atom stereocenters. The molecule has 1 aliphatic heterocycles. The van der Waals surface area contributed by atoms with E-state index < -0.39 is 5.91 Å². The van der Waals surface area contributed by atoms with E-state index in [0.29, 0.717) is 12.3 Å². The molecule has 2 N–H and O–H groups in total. The molecular formula is C11H18N2O2. The van der Waals surface area contributed by atoms with E-state index in [1.54, 1.807) is 4.90 Å². The summed E-state index contributed by atoms with van der Waals surface area (Å²) in [4.78, 5) is 24.3. The first-order valence-electron chi connectivity index (χ1n) is 5.76. The quantitative estimate of drug-likeness (QED) is 0.727. The van der Waals surface area contributed by atoms with Gasteiger partial charge in [0.2, 0.25) is 11.8 Å². The van der Waals surface area contributed by atoms with Gasteiger partial charge in [-0.2, -0.15) is 0 Å². The van der Waals surface area contributed by atoms with Crippen molar-refractivity contribution in [2.24, 2.45) is 11.7 Å². The molecule has 0 bridgehead atoms. The number of likely N-dealkylation sites (tertiary alicyclic amines) is 1. The van der Waals surface area contributed by atoms with Crippen LogP contribution in [0.15, 0.2) is 0 Å². The summed E-state index contributed by atoms with van der Waals surface area (Å²) in [5, 5.41) is 0. The van der Waals surface area contributed by atoms with Gasteiger partial charge in [-0.05, 0) is 18.8 Å². The highest BCUT2D eigenvalue weighted by molar-refractivity contribution is 5.85. The second-order valence-electron chi connectivity index (χ2n) is 4.66. The Balaban J connectivity index is 2.08. The van der Waals surface area contributed by atoms with Crippen molar-refractivity contribution in [3.8, 4) is 0 Å². The van der Waals surface area contributed by atoms with Crippen molar-refractivity contribution in [1.82, 2.24) is 4.90 Å². The normalized spacial score (nSPS) is 31.2. The zero-order chi connectivity index (χ0) is 10.8. The molecule has 4 heteroatoms. The minimum absolute atomic E-state index is 0.111. The van der Waals surface area contributed by atoms with Crippen LogP contribution in [0.2, 0.25) is 0 Å². The van der Waals surface area contributed by atoms with Crippen molar-refractivity contribution in [2.45, 2.75) is 44.6 Å². The van der Waals surface area contributed by atoms with E-state index in [4.69, 9.17) is 5.73 Å². The van der Waals surface area contributed by atoms with Crippen LogP contribution in [0.3, 0.4) is 0 Å². The fourth-order valence-electron chi connectivity index (χ4n) is 2.91. The Kier molecular flexibility index (Phi) is 2.93. The fourth-order valence-corrected chi connectivity index (χ4v) is 2.91. The predicted molar refractivity (Wildman–Crippen MR) is 55.9 cm³/mol. The lowest BCUT2D eigenvalue weighted by molar-refractivity contribution is -0.133. The molecule has 1 aliphatic carbocycles. The Labute approximate surface area is 89.8 Å². The molecular weight excluding hydrogens is 192 g/mol. The van der Waals surface area contributed by atoms with Crippen molar-refractivity contribution in [1.29, 1.82) is 0 Å². The summed E-state index contributed by atoms with van der Waals surface area (Å²) in [6.45, 7) is 0.111. The summed E-state index contributed by atoms with van der Waals surface area (Å²) in [5.41, 5.74) is 5.16. The topological polar surface area (TPSA) is 63.4 Å².